The lowest BCUT2D eigenvalue weighted by molar-refractivity contribution is -0.147. The lowest BCUT2D eigenvalue weighted by Crippen LogP contribution is -2.39. The van der Waals surface area contributed by atoms with E-state index in [9.17, 15) is 24.3 Å². The standard InChI is InChI=1S/C49H63NO8/c1-10-32-24-49(32,46(55)56)27-42(53)37-25-48(8,26-38(37)45(54)39(47(5,6)7)23-34(51)19-30-13-11-12-14-30)58-44-21-31(20-36-29(4)43(57-9)18-16-35(36)44)40-17-15-33(50-40)22-41(52)28(2)3/h10,16-18,20-21,28,30,32,37-39H,1,11-15,19,22-27H2,2-9H3,(H,55,56). The summed E-state index contributed by atoms with van der Waals surface area (Å²) in [7, 11) is 1.63. The van der Waals surface area contributed by atoms with Crippen molar-refractivity contribution in [2.75, 3.05) is 7.11 Å². The van der Waals surface area contributed by atoms with Crippen molar-refractivity contribution in [3.05, 3.63) is 54.1 Å². The average Bonchev–Trinajstić information content (AvgIpc) is 3.51. The number of methoxy groups -OCH3 is 1. The Morgan fingerprint density at radius 2 is 1.69 bits per heavy atom. The predicted molar refractivity (Wildman–Crippen MR) is 227 cm³/mol. The highest BCUT2D eigenvalue weighted by atomic mass is 16.5. The molecular formula is C49H63NO8. The summed E-state index contributed by atoms with van der Waals surface area (Å²) < 4.78 is 12.8. The SMILES string of the molecule is C=CC1CC1(CC(=O)C1CC(C)(Oc2cc(C3=CCC(CC(=O)C(C)C)=N3)cc3c(C)c(OC)ccc23)CC1C(=O)C(CC(=O)CC1CCCC1)C(C)(C)C)C(=O)O. The Hall–Kier alpha value is -4.40. The molecule has 6 rings (SSSR count). The number of allylic oxidation sites excluding steroid dienone is 2. The Morgan fingerprint density at radius 1 is 1.00 bits per heavy atom. The van der Waals surface area contributed by atoms with Gasteiger partial charge in [0.15, 0.2) is 0 Å². The Labute approximate surface area is 344 Å². The number of fused-ring (bicyclic) bond motifs is 1. The normalized spacial score (nSPS) is 26.3. The molecule has 0 bridgehead atoms. The van der Waals surface area contributed by atoms with E-state index in [-0.39, 0.29) is 60.7 Å². The summed E-state index contributed by atoms with van der Waals surface area (Å²) in [5.74, 6) is -2.07. The Kier molecular flexibility index (Phi) is 12.4. The molecule has 6 unspecified atom stereocenters. The number of ether oxygens (including phenoxy) is 2. The molecular weight excluding hydrogens is 731 g/mol. The van der Waals surface area contributed by atoms with Gasteiger partial charge >= 0.3 is 5.97 Å². The summed E-state index contributed by atoms with van der Waals surface area (Å²) in [6, 6.07) is 7.86. The minimum Gasteiger partial charge on any atom is -0.496 e. The number of benzene rings is 2. The van der Waals surface area contributed by atoms with Crippen LogP contribution in [-0.4, -0.2) is 52.6 Å². The van der Waals surface area contributed by atoms with Crippen LogP contribution in [0.1, 0.15) is 130 Å². The summed E-state index contributed by atoms with van der Waals surface area (Å²) in [5.41, 5.74) is 0.531. The van der Waals surface area contributed by atoms with Crippen LogP contribution in [-0.2, 0) is 24.0 Å². The van der Waals surface area contributed by atoms with E-state index in [1.807, 2.05) is 72.7 Å². The van der Waals surface area contributed by atoms with Crippen molar-refractivity contribution in [3.63, 3.8) is 0 Å². The summed E-state index contributed by atoms with van der Waals surface area (Å²) in [5, 5.41) is 12.0. The minimum atomic E-state index is -1.22. The third-order valence-electron chi connectivity index (χ3n) is 13.7. The molecule has 1 heterocycles. The quantitative estimate of drug-likeness (QED) is 0.147. The number of carboxylic acids is 1. The van der Waals surface area contributed by atoms with E-state index in [2.05, 4.69) is 12.6 Å². The van der Waals surface area contributed by atoms with Gasteiger partial charge in [-0.2, -0.15) is 0 Å². The molecule has 2 aromatic carbocycles. The summed E-state index contributed by atoms with van der Waals surface area (Å²) >= 11 is 0. The first-order valence-electron chi connectivity index (χ1n) is 21.3. The monoisotopic (exact) mass is 793 g/mol. The van der Waals surface area contributed by atoms with E-state index in [1.165, 1.54) is 0 Å². The molecule has 0 saturated heterocycles. The predicted octanol–water partition coefficient (Wildman–Crippen LogP) is 10.1. The largest absolute Gasteiger partial charge is 0.496 e. The van der Waals surface area contributed by atoms with Crippen LogP contribution >= 0.6 is 0 Å². The maximum atomic E-state index is 15.0. The van der Waals surface area contributed by atoms with Crippen LogP contribution in [0.15, 0.2) is 48.0 Å². The lowest BCUT2D eigenvalue weighted by atomic mass is 9.69. The number of aryl methyl sites for hydroxylation is 1. The summed E-state index contributed by atoms with van der Waals surface area (Å²) in [6.45, 7) is 17.5. The van der Waals surface area contributed by atoms with E-state index in [1.54, 1.807) is 13.2 Å². The van der Waals surface area contributed by atoms with Crippen LogP contribution in [0.4, 0.5) is 0 Å². The first-order chi connectivity index (χ1) is 27.3. The van der Waals surface area contributed by atoms with Crippen molar-refractivity contribution >= 4 is 51.3 Å². The van der Waals surface area contributed by atoms with Crippen molar-refractivity contribution in [1.82, 2.24) is 0 Å². The Bertz CT molecular complexity index is 2060. The summed E-state index contributed by atoms with van der Waals surface area (Å²) in [4.78, 5) is 73.1. The van der Waals surface area contributed by atoms with E-state index >= 15 is 4.79 Å². The van der Waals surface area contributed by atoms with Gasteiger partial charge in [0.25, 0.3) is 0 Å². The van der Waals surface area contributed by atoms with Gasteiger partial charge in [0.1, 0.15) is 40.2 Å². The van der Waals surface area contributed by atoms with E-state index < -0.39 is 40.2 Å². The minimum absolute atomic E-state index is 0.0838. The number of carbonyl (C=O) groups is 5. The van der Waals surface area contributed by atoms with E-state index in [0.717, 1.165) is 59.0 Å². The second kappa shape index (κ2) is 16.7. The fraction of sp³-hybridized carbons (Fsp3) is 0.592. The van der Waals surface area contributed by atoms with Gasteiger partial charge in [0, 0.05) is 72.4 Å². The highest BCUT2D eigenvalue weighted by molar-refractivity contribution is 6.08. The number of hydrogen-bond acceptors (Lipinski definition) is 8. The highest BCUT2D eigenvalue weighted by Gasteiger charge is 2.62. The first kappa shape index (κ1) is 43.2. The number of Topliss-reactive ketones (excluding diaryl/α,β-unsaturated/α-hetero) is 4. The maximum absolute atomic E-state index is 15.0. The number of ketones is 4. The molecule has 3 aliphatic carbocycles. The number of aliphatic imine (C=N–C) groups is 1. The molecule has 6 atom stereocenters. The van der Waals surface area contributed by atoms with Gasteiger partial charge in [-0.1, -0.05) is 72.5 Å². The molecule has 312 valence electrons. The molecule has 0 spiro atoms. The van der Waals surface area contributed by atoms with E-state index in [4.69, 9.17) is 14.5 Å². The summed E-state index contributed by atoms with van der Waals surface area (Å²) in [6.07, 6.45) is 10.0. The van der Waals surface area contributed by atoms with Gasteiger partial charge in [-0.3, -0.25) is 29.0 Å². The number of carboxylic acid groups (broad SMARTS) is 1. The molecule has 0 amide bonds. The molecule has 0 aromatic heterocycles. The lowest BCUT2D eigenvalue weighted by Gasteiger charge is -2.33. The zero-order chi connectivity index (χ0) is 42.3. The van der Waals surface area contributed by atoms with Gasteiger partial charge in [0.05, 0.1) is 18.2 Å². The Balaban J connectivity index is 1.37. The third kappa shape index (κ3) is 8.93. The fourth-order valence-corrected chi connectivity index (χ4v) is 9.99. The van der Waals surface area contributed by atoms with Crippen LogP contribution < -0.4 is 9.47 Å². The van der Waals surface area contributed by atoms with Crippen molar-refractivity contribution in [3.8, 4) is 11.5 Å². The zero-order valence-electron chi connectivity index (χ0n) is 35.9. The molecule has 1 aliphatic heterocycles. The smallest absolute Gasteiger partial charge is 0.310 e. The van der Waals surface area contributed by atoms with Crippen LogP contribution in [0.2, 0.25) is 0 Å². The van der Waals surface area contributed by atoms with Crippen LogP contribution in [0.25, 0.3) is 16.5 Å². The second-order valence-corrected chi connectivity index (χ2v) is 19.5. The Morgan fingerprint density at radius 3 is 2.29 bits per heavy atom. The topological polar surface area (TPSA) is 136 Å². The number of aliphatic carboxylic acids is 1. The van der Waals surface area contributed by atoms with E-state index in [0.29, 0.717) is 43.1 Å². The fourth-order valence-electron chi connectivity index (χ4n) is 9.99. The van der Waals surface area contributed by atoms with Crippen LogP contribution in [0.5, 0.6) is 11.5 Å². The maximum Gasteiger partial charge on any atom is 0.310 e. The van der Waals surface area contributed by atoms with Gasteiger partial charge < -0.3 is 14.6 Å². The average molecular weight is 794 g/mol. The molecule has 4 aliphatic rings. The molecule has 58 heavy (non-hydrogen) atoms. The molecule has 9 nitrogen and oxygen atoms in total. The first-order valence-corrected chi connectivity index (χ1v) is 21.3. The molecule has 1 N–H and O–H groups in total. The van der Waals surface area contributed by atoms with Crippen molar-refractivity contribution in [1.29, 1.82) is 0 Å². The number of nitrogens with zero attached hydrogens (tertiary/aromatic N) is 1. The number of hydrogen-bond donors (Lipinski definition) is 1. The van der Waals surface area contributed by atoms with Crippen molar-refractivity contribution < 1.29 is 38.6 Å². The highest BCUT2D eigenvalue weighted by Crippen LogP contribution is 2.58. The van der Waals surface area contributed by atoms with Gasteiger partial charge in [-0.05, 0) is 85.6 Å². The van der Waals surface area contributed by atoms with Crippen molar-refractivity contribution in [2.45, 2.75) is 131 Å². The third-order valence-corrected chi connectivity index (χ3v) is 13.7. The van der Waals surface area contributed by atoms with Crippen LogP contribution in [0, 0.1) is 53.3 Å². The van der Waals surface area contributed by atoms with Gasteiger partial charge in [-0.15, -0.1) is 6.58 Å². The molecule has 9 heteroatoms. The molecule has 2 aromatic rings. The zero-order valence-corrected chi connectivity index (χ0v) is 35.9. The second-order valence-electron chi connectivity index (χ2n) is 19.5. The molecule has 3 saturated carbocycles. The number of rotatable bonds is 18. The van der Waals surface area contributed by atoms with Gasteiger partial charge in [0.2, 0.25) is 0 Å². The van der Waals surface area contributed by atoms with Crippen molar-refractivity contribution in [2.24, 2.45) is 51.3 Å². The van der Waals surface area contributed by atoms with Gasteiger partial charge in [-0.25, -0.2) is 0 Å². The van der Waals surface area contributed by atoms with Crippen LogP contribution in [0.3, 0.4) is 0 Å². The molecule has 0 radical (unpaired) electrons. The molecule has 3 fully saturated rings. The number of carbonyl (C=O) groups excluding carboxylic acids is 4.